The van der Waals surface area contributed by atoms with E-state index in [1.165, 1.54) is 0 Å². The van der Waals surface area contributed by atoms with Crippen molar-refractivity contribution in [2.24, 2.45) is 0 Å². The molecule has 0 fully saturated rings. The van der Waals surface area contributed by atoms with Gasteiger partial charge in [0.05, 0.1) is 12.2 Å². The summed E-state index contributed by atoms with van der Waals surface area (Å²) in [5.74, 6) is 0.491. The summed E-state index contributed by atoms with van der Waals surface area (Å²) in [6.07, 6.45) is 0.765. The summed E-state index contributed by atoms with van der Waals surface area (Å²) >= 11 is 0. The van der Waals surface area contributed by atoms with Gasteiger partial charge >= 0.3 is 0 Å². The number of carbonyl (C=O) groups is 2. The van der Waals surface area contributed by atoms with Gasteiger partial charge in [-0.3, -0.25) is 9.59 Å². The second-order valence-electron chi connectivity index (χ2n) is 4.60. The van der Waals surface area contributed by atoms with Crippen LogP contribution in [0.5, 0.6) is 5.75 Å². The number of aldehydes is 1. The van der Waals surface area contributed by atoms with Crippen molar-refractivity contribution in [2.75, 3.05) is 11.5 Å². The van der Waals surface area contributed by atoms with Gasteiger partial charge in [0.2, 0.25) is 0 Å². The zero-order chi connectivity index (χ0) is 13.9. The summed E-state index contributed by atoms with van der Waals surface area (Å²) in [5.41, 5.74) is 2.29. The number of fused-ring (bicyclic) bond motifs is 1. The van der Waals surface area contributed by atoms with E-state index < -0.39 is 0 Å². The Hall–Kier alpha value is -2.62. The Balaban J connectivity index is 1.95. The summed E-state index contributed by atoms with van der Waals surface area (Å²) in [6, 6.07) is 14.9. The molecule has 100 valence electrons. The molecule has 1 aliphatic heterocycles. The quantitative estimate of drug-likeness (QED) is 0.802. The van der Waals surface area contributed by atoms with Crippen LogP contribution in [0.3, 0.4) is 0 Å². The lowest BCUT2D eigenvalue weighted by molar-refractivity contribution is -0.121. The second-order valence-corrected chi connectivity index (χ2v) is 4.60. The van der Waals surface area contributed by atoms with Gasteiger partial charge in [-0.15, -0.1) is 0 Å². The highest BCUT2D eigenvalue weighted by atomic mass is 16.5. The van der Waals surface area contributed by atoms with Crippen LogP contribution in [0, 0.1) is 0 Å². The molecule has 0 bridgehead atoms. The number of benzene rings is 2. The summed E-state index contributed by atoms with van der Waals surface area (Å²) in [6.45, 7) is 0.499. The summed E-state index contributed by atoms with van der Waals surface area (Å²) in [5, 5.41) is 0. The van der Waals surface area contributed by atoms with E-state index in [1.54, 1.807) is 23.1 Å². The standard InChI is InChI=1S/C16H13NO3/c18-10-13-6-7-14-15(8-13)20-11-16(19)17(14)9-12-4-2-1-3-5-12/h1-8,10H,9,11H2. The Labute approximate surface area is 116 Å². The molecule has 4 heteroatoms. The van der Waals surface area contributed by atoms with Crippen molar-refractivity contribution in [3.63, 3.8) is 0 Å². The molecule has 20 heavy (non-hydrogen) atoms. The van der Waals surface area contributed by atoms with Gasteiger partial charge in [0.25, 0.3) is 5.91 Å². The Kier molecular flexibility index (Phi) is 3.21. The third-order valence-corrected chi connectivity index (χ3v) is 3.25. The van der Waals surface area contributed by atoms with Crippen LogP contribution in [0.2, 0.25) is 0 Å². The van der Waals surface area contributed by atoms with Crippen molar-refractivity contribution in [3.05, 3.63) is 59.7 Å². The molecule has 0 aromatic heterocycles. The maximum Gasteiger partial charge on any atom is 0.265 e. The van der Waals surface area contributed by atoms with Crippen molar-refractivity contribution in [3.8, 4) is 5.75 Å². The first-order valence-corrected chi connectivity index (χ1v) is 6.34. The van der Waals surface area contributed by atoms with Crippen molar-refractivity contribution in [1.29, 1.82) is 0 Å². The van der Waals surface area contributed by atoms with Crippen LogP contribution in [0.1, 0.15) is 15.9 Å². The fourth-order valence-corrected chi connectivity index (χ4v) is 2.23. The van der Waals surface area contributed by atoms with Gasteiger partial charge in [-0.05, 0) is 23.8 Å². The van der Waals surface area contributed by atoms with Gasteiger partial charge < -0.3 is 9.64 Å². The minimum atomic E-state index is -0.0831. The molecule has 2 aromatic rings. The van der Waals surface area contributed by atoms with Crippen LogP contribution >= 0.6 is 0 Å². The minimum Gasteiger partial charge on any atom is -0.482 e. The number of rotatable bonds is 3. The lowest BCUT2D eigenvalue weighted by Gasteiger charge is -2.29. The zero-order valence-corrected chi connectivity index (χ0v) is 10.8. The number of amides is 1. The van der Waals surface area contributed by atoms with E-state index in [9.17, 15) is 9.59 Å². The zero-order valence-electron chi connectivity index (χ0n) is 10.8. The Morgan fingerprint density at radius 2 is 1.95 bits per heavy atom. The molecule has 0 aliphatic carbocycles. The molecule has 1 heterocycles. The fourth-order valence-electron chi connectivity index (χ4n) is 2.23. The summed E-state index contributed by atoms with van der Waals surface area (Å²) < 4.78 is 5.40. The number of anilines is 1. The first-order valence-electron chi connectivity index (χ1n) is 6.34. The topological polar surface area (TPSA) is 46.6 Å². The first kappa shape index (κ1) is 12.4. The molecular weight excluding hydrogens is 254 g/mol. The normalized spacial score (nSPS) is 13.6. The van der Waals surface area contributed by atoms with Crippen LogP contribution in [0.25, 0.3) is 0 Å². The molecule has 3 rings (SSSR count). The van der Waals surface area contributed by atoms with Gasteiger partial charge in [-0.25, -0.2) is 0 Å². The second kappa shape index (κ2) is 5.17. The monoisotopic (exact) mass is 267 g/mol. The highest BCUT2D eigenvalue weighted by molar-refractivity contribution is 5.98. The van der Waals surface area contributed by atoms with E-state index >= 15 is 0 Å². The van der Waals surface area contributed by atoms with E-state index in [0.29, 0.717) is 23.5 Å². The van der Waals surface area contributed by atoms with Gasteiger partial charge in [0.1, 0.15) is 12.0 Å². The third-order valence-electron chi connectivity index (χ3n) is 3.25. The van der Waals surface area contributed by atoms with Crippen LogP contribution in [0.15, 0.2) is 48.5 Å². The molecule has 0 saturated carbocycles. The van der Waals surface area contributed by atoms with Crippen LogP contribution in [-0.2, 0) is 11.3 Å². The molecular formula is C16H13NO3. The van der Waals surface area contributed by atoms with Crippen LogP contribution in [0.4, 0.5) is 5.69 Å². The smallest absolute Gasteiger partial charge is 0.265 e. The predicted molar refractivity (Wildman–Crippen MR) is 75.0 cm³/mol. The van der Waals surface area contributed by atoms with Crippen molar-refractivity contribution < 1.29 is 14.3 Å². The van der Waals surface area contributed by atoms with Gasteiger partial charge in [-0.2, -0.15) is 0 Å². The summed E-state index contributed by atoms with van der Waals surface area (Å²) in [4.78, 5) is 24.5. The average Bonchev–Trinajstić information content (AvgIpc) is 2.50. The van der Waals surface area contributed by atoms with Crippen LogP contribution in [-0.4, -0.2) is 18.8 Å². The van der Waals surface area contributed by atoms with Gasteiger partial charge in [0.15, 0.2) is 6.61 Å². The Morgan fingerprint density at radius 1 is 1.15 bits per heavy atom. The third kappa shape index (κ3) is 2.28. The van der Waals surface area contributed by atoms with Crippen molar-refractivity contribution in [2.45, 2.75) is 6.54 Å². The molecule has 0 atom stereocenters. The minimum absolute atomic E-state index is 0.00213. The van der Waals surface area contributed by atoms with Crippen molar-refractivity contribution in [1.82, 2.24) is 0 Å². The molecule has 4 nitrogen and oxygen atoms in total. The highest BCUT2D eigenvalue weighted by Gasteiger charge is 2.25. The molecule has 0 spiro atoms. The Bertz CT molecular complexity index is 652. The molecule has 1 aliphatic rings. The van der Waals surface area contributed by atoms with Crippen LogP contribution < -0.4 is 9.64 Å². The number of carbonyl (C=O) groups excluding carboxylic acids is 2. The SMILES string of the molecule is O=Cc1ccc2c(c1)OCC(=O)N2Cc1ccccc1. The lowest BCUT2D eigenvalue weighted by atomic mass is 10.1. The molecule has 0 saturated heterocycles. The maximum absolute atomic E-state index is 12.0. The van der Waals surface area contributed by atoms with E-state index in [4.69, 9.17) is 4.74 Å². The van der Waals surface area contributed by atoms with Crippen molar-refractivity contribution >= 4 is 17.9 Å². The molecule has 0 unspecified atom stereocenters. The van der Waals surface area contributed by atoms with E-state index in [2.05, 4.69) is 0 Å². The maximum atomic E-state index is 12.0. The van der Waals surface area contributed by atoms with Gasteiger partial charge in [-0.1, -0.05) is 30.3 Å². The number of hydrogen-bond acceptors (Lipinski definition) is 3. The number of hydrogen-bond donors (Lipinski definition) is 0. The predicted octanol–water partition coefficient (Wildman–Crippen LogP) is 2.42. The molecule has 0 N–H and O–H groups in total. The highest BCUT2D eigenvalue weighted by Crippen LogP contribution is 2.33. The average molecular weight is 267 g/mol. The van der Waals surface area contributed by atoms with E-state index in [-0.39, 0.29) is 12.5 Å². The first-order chi connectivity index (χ1) is 9.78. The number of nitrogens with zero attached hydrogens (tertiary/aromatic N) is 1. The van der Waals surface area contributed by atoms with E-state index in [1.807, 2.05) is 30.3 Å². The molecule has 1 amide bonds. The van der Waals surface area contributed by atoms with E-state index in [0.717, 1.165) is 11.8 Å². The van der Waals surface area contributed by atoms with Gasteiger partial charge in [0, 0.05) is 5.56 Å². The Morgan fingerprint density at radius 3 is 2.70 bits per heavy atom. The fraction of sp³-hybridized carbons (Fsp3) is 0.125. The summed E-state index contributed by atoms with van der Waals surface area (Å²) in [7, 11) is 0. The largest absolute Gasteiger partial charge is 0.482 e. The molecule has 2 aromatic carbocycles. The lowest BCUT2D eigenvalue weighted by Crippen LogP contribution is -2.38. The molecule has 0 radical (unpaired) electrons. The number of ether oxygens (including phenoxy) is 1.